The molecule has 2 rings (SSSR count). The quantitative estimate of drug-likeness (QED) is 0.822. The summed E-state index contributed by atoms with van der Waals surface area (Å²) in [5.41, 5.74) is 0.0854. The molecule has 2 aromatic heterocycles. The van der Waals surface area contributed by atoms with E-state index in [9.17, 15) is 9.59 Å². The lowest BCUT2D eigenvalue weighted by Crippen LogP contribution is -2.18. The number of hydrogen-bond donors (Lipinski definition) is 2. The predicted octanol–water partition coefficient (Wildman–Crippen LogP) is 0.879. The molecule has 0 saturated carbocycles. The third-order valence-electron chi connectivity index (χ3n) is 1.93. The molecule has 0 unspecified atom stereocenters. The summed E-state index contributed by atoms with van der Waals surface area (Å²) in [7, 11) is 1.47. The second-order valence-corrected chi connectivity index (χ2v) is 3.05. The molecule has 2 amide bonds. The summed E-state index contributed by atoms with van der Waals surface area (Å²) >= 11 is 0. The van der Waals surface area contributed by atoms with Gasteiger partial charge in [0.05, 0.1) is 6.26 Å². The molecule has 7 heteroatoms. The number of carbonyl (C=O) groups is 2. The van der Waals surface area contributed by atoms with Crippen LogP contribution < -0.4 is 10.6 Å². The van der Waals surface area contributed by atoms with Crippen molar-refractivity contribution in [2.75, 3.05) is 12.4 Å². The Hall–Kier alpha value is -2.57. The molecule has 0 bridgehead atoms. The molecule has 0 spiro atoms. The zero-order valence-corrected chi connectivity index (χ0v) is 8.89. The summed E-state index contributed by atoms with van der Waals surface area (Å²) in [4.78, 5) is 26.5. The second kappa shape index (κ2) is 4.52. The summed E-state index contributed by atoms with van der Waals surface area (Å²) in [6, 6.07) is 3.02. The summed E-state index contributed by atoms with van der Waals surface area (Å²) < 4.78 is 9.79. The Bertz CT molecular complexity index is 530. The van der Waals surface area contributed by atoms with E-state index in [1.54, 1.807) is 6.07 Å². The van der Waals surface area contributed by atoms with Crippen molar-refractivity contribution < 1.29 is 18.4 Å². The lowest BCUT2D eigenvalue weighted by molar-refractivity contribution is 0.0956. The lowest BCUT2D eigenvalue weighted by Gasteiger charge is -1.95. The van der Waals surface area contributed by atoms with Gasteiger partial charge in [-0.25, -0.2) is 0 Å². The summed E-state index contributed by atoms with van der Waals surface area (Å²) in [5, 5.41) is 4.74. The van der Waals surface area contributed by atoms with Crippen LogP contribution in [0.15, 0.2) is 33.5 Å². The zero-order chi connectivity index (χ0) is 12.3. The first-order valence-corrected chi connectivity index (χ1v) is 4.73. The minimum atomic E-state index is -0.500. The first-order valence-electron chi connectivity index (χ1n) is 4.73. The number of carbonyl (C=O) groups excluding carboxylic acids is 2. The second-order valence-electron chi connectivity index (χ2n) is 3.05. The molecule has 88 valence electrons. The van der Waals surface area contributed by atoms with Crippen LogP contribution in [0.1, 0.15) is 21.0 Å². The van der Waals surface area contributed by atoms with Crippen molar-refractivity contribution in [3.05, 3.63) is 36.1 Å². The zero-order valence-electron chi connectivity index (χ0n) is 8.89. The first-order chi connectivity index (χ1) is 8.20. The van der Waals surface area contributed by atoms with Crippen LogP contribution >= 0.6 is 0 Å². The van der Waals surface area contributed by atoms with E-state index in [1.807, 2.05) is 0 Å². The Balaban J connectivity index is 2.07. The van der Waals surface area contributed by atoms with E-state index >= 15 is 0 Å². The molecule has 0 aromatic carbocycles. The number of aromatic nitrogens is 1. The summed E-state index contributed by atoms with van der Waals surface area (Å²) in [6.45, 7) is 0. The van der Waals surface area contributed by atoms with Gasteiger partial charge in [-0.1, -0.05) is 0 Å². The molecule has 2 heterocycles. The van der Waals surface area contributed by atoms with E-state index < -0.39 is 11.8 Å². The molecular weight excluding hydrogens is 226 g/mol. The average molecular weight is 235 g/mol. The standard InChI is InChI=1S/C10H9N3O4/c1-11-8(14)6-5-17-10(12-6)13-9(15)7-3-2-4-16-7/h2-5H,1H3,(H,11,14)(H,12,13,15). The third kappa shape index (κ3) is 2.33. The van der Waals surface area contributed by atoms with Gasteiger partial charge in [0.15, 0.2) is 11.5 Å². The number of nitrogens with zero attached hydrogens (tertiary/aromatic N) is 1. The molecular formula is C10H9N3O4. The van der Waals surface area contributed by atoms with Crippen LogP contribution in [-0.2, 0) is 0 Å². The fourth-order valence-corrected chi connectivity index (χ4v) is 1.13. The number of oxazole rings is 1. The molecule has 2 N–H and O–H groups in total. The molecule has 2 aromatic rings. The van der Waals surface area contributed by atoms with Crippen molar-refractivity contribution >= 4 is 17.8 Å². The lowest BCUT2D eigenvalue weighted by atomic mass is 10.4. The van der Waals surface area contributed by atoms with Gasteiger partial charge in [0.2, 0.25) is 0 Å². The van der Waals surface area contributed by atoms with Crippen molar-refractivity contribution in [2.45, 2.75) is 0 Å². The highest BCUT2D eigenvalue weighted by Crippen LogP contribution is 2.09. The molecule has 0 aliphatic heterocycles. The van der Waals surface area contributed by atoms with E-state index in [0.29, 0.717) is 0 Å². The van der Waals surface area contributed by atoms with Crippen molar-refractivity contribution in [2.24, 2.45) is 0 Å². The largest absolute Gasteiger partial charge is 0.459 e. The summed E-state index contributed by atoms with van der Waals surface area (Å²) in [6.07, 6.45) is 2.52. The number of amides is 2. The highest BCUT2D eigenvalue weighted by atomic mass is 16.4. The molecule has 0 atom stereocenters. The van der Waals surface area contributed by atoms with Gasteiger partial charge < -0.3 is 14.2 Å². The van der Waals surface area contributed by atoms with E-state index in [4.69, 9.17) is 8.83 Å². The summed E-state index contributed by atoms with van der Waals surface area (Å²) in [5.74, 6) is -0.766. The van der Waals surface area contributed by atoms with Gasteiger partial charge in [-0.15, -0.1) is 0 Å². The highest BCUT2D eigenvalue weighted by molar-refractivity contribution is 6.01. The number of anilines is 1. The van der Waals surface area contributed by atoms with Crippen molar-refractivity contribution in [1.29, 1.82) is 0 Å². The van der Waals surface area contributed by atoms with Crippen LogP contribution in [0.4, 0.5) is 6.01 Å². The third-order valence-corrected chi connectivity index (χ3v) is 1.93. The Labute approximate surface area is 95.8 Å². The van der Waals surface area contributed by atoms with Crippen LogP contribution in [0.5, 0.6) is 0 Å². The monoisotopic (exact) mass is 235 g/mol. The van der Waals surface area contributed by atoms with Gasteiger partial charge in [-0.3, -0.25) is 14.9 Å². The van der Waals surface area contributed by atoms with E-state index in [-0.39, 0.29) is 17.5 Å². The molecule has 7 nitrogen and oxygen atoms in total. The molecule has 0 saturated heterocycles. The topological polar surface area (TPSA) is 97.4 Å². The van der Waals surface area contributed by atoms with Crippen LogP contribution in [0.3, 0.4) is 0 Å². The Kier molecular flexibility index (Phi) is 2.91. The Morgan fingerprint density at radius 1 is 1.29 bits per heavy atom. The van der Waals surface area contributed by atoms with Crippen molar-refractivity contribution in [1.82, 2.24) is 10.3 Å². The molecule has 0 radical (unpaired) electrons. The SMILES string of the molecule is CNC(=O)c1coc(NC(=O)c2ccco2)n1. The van der Waals surface area contributed by atoms with Gasteiger partial charge >= 0.3 is 6.01 Å². The highest BCUT2D eigenvalue weighted by Gasteiger charge is 2.14. The maximum absolute atomic E-state index is 11.5. The normalized spacial score (nSPS) is 9.94. The van der Waals surface area contributed by atoms with Gasteiger partial charge in [0.1, 0.15) is 6.26 Å². The van der Waals surface area contributed by atoms with Gasteiger partial charge in [0.25, 0.3) is 11.8 Å². The van der Waals surface area contributed by atoms with Crippen LogP contribution in [0, 0.1) is 0 Å². The number of hydrogen-bond acceptors (Lipinski definition) is 5. The van der Waals surface area contributed by atoms with Gasteiger partial charge in [0, 0.05) is 7.05 Å². The molecule has 0 fully saturated rings. The number of rotatable bonds is 3. The fraction of sp³-hybridized carbons (Fsp3) is 0.100. The molecule has 0 aliphatic carbocycles. The van der Waals surface area contributed by atoms with E-state index in [2.05, 4.69) is 15.6 Å². The Morgan fingerprint density at radius 2 is 2.12 bits per heavy atom. The van der Waals surface area contributed by atoms with Crippen LogP contribution in [-0.4, -0.2) is 23.8 Å². The van der Waals surface area contributed by atoms with Crippen molar-refractivity contribution in [3.8, 4) is 0 Å². The first kappa shape index (κ1) is 10.9. The maximum atomic E-state index is 11.5. The van der Waals surface area contributed by atoms with Crippen LogP contribution in [0.25, 0.3) is 0 Å². The number of furan rings is 1. The van der Waals surface area contributed by atoms with E-state index in [0.717, 1.165) is 6.26 Å². The van der Waals surface area contributed by atoms with Crippen LogP contribution in [0.2, 0.25) is 0 Å². The smallest absolute Gasteiger partial charge is 0.302 e. The average Bonchev–Trinajstić information content (AvgIpc) is 2.98. The maximum Gasteiger partial charge on any atom is 0.302 e. The van der Waals surface area contributed by atoms with Gasteiger partial charge in [-0.05, 0) is 12.1 Å². The minimum absolute atomic E-state index is 0.0648. The molecule has 17 heavy (non-hydrogen) atoms. The van der Waals surface area contributed by atoms with Gasteiger partial charge in [-0.2, -0.15) is 4.98 Å². The fourth-order valence-electron chi connectivity index (χ4n) is 1.13. The Morgan fingerprint density at radius 3 is 2.76 bits per heavy atom. The van der Waals surface area contributed by atoms with E-state index in [1.165, 1.54) is 19.4 Å². The number of nitrogens with one attached hydrogen (secondary N) is 2. The van der Waals surface area contributed by atoms with Crippen molar-refractivity contribution in [3.63, 3.8) is 0 Å². The predicted molar refractivity (Wildman–Crippen MR) is 56.6 cm³/mol. The minimum Gasteiger partial charge on any atom is -0.459 e. The molecule has 0 aliphatic rings.